The molecule has 0 aliphatic carbocycles. The summed E-state index contributed by atoms with van der Waals surface area (Å²) in [6.07, 6.45) is 0.407. The number of rotatable bonds is 4. The number of methoxy groups -OCH3 is 1. The lowest BCUT2D eigenvalue weighted by Gasteiger charge is -2.00. The molecule has 0 aromatic heterocycles. The molecule has 84 valence electrons. The van der Waals surface area contributed by atoms with Gasteiger partial charge in [0, 0.05) is 17.5 Å². The molecule has 1 rings (SSSR count). The second-order valence-corrected chi connectivity index (χ2v) is 3.17. The van der Waals surface area contributed by atoms with E-state index in [9.17, 15) is 14.4 Å². The van der Waals surface area contributed by atoms with Crippen molar-refractivity contribution in [3.05, 3.63) is 35.4 Å². The van der Waals surface area contributed by atoms with E-state index in [1.165, 1.54) is 24.3 Å². The number of hydrogen-bond acceptors (Lipinski definition) is 4. The maximum absolute atomic E-state index is 11.4. The lowest BCUT2D eigenvalue weighted by molar-refractivity contribution is -0.135. The highest BCUT2D eigenvalue weighted by Crippen LogP contribution is 2.08. The van der Waals surface area contributed by atoms with E-state index in [-0.39, 0.29) is 11.3 Å². The molecule has 0 radical (unpaired) electrons. The summed E-state index contributed by atoms with van der Waals surface area (Å²) in [6.45, 7) is 1.76. The Morgan fingerprint density at radius 2 is 1.56 bits per heavy atom. The van der Waals surface area contributed by atoms with E-state index in [0.29, 0.717) is 12.0 Å². The lowest BCUT2D eigenvalue weighted by Crippen LogP contribution is -2.15. The van der Waals surface area contributed by atoms with Crippen LogP contribution in [0, 0.1) is 0 Å². The van der Waals surface area contributed by atoms with Crippen molar-refractivity contribution in [1.29, 1.82) is 0 Å². The molecule has 0 heterocycles. The van der Waals surface area contributed by atoms with E-state index in [2.05, 4.69) is 4.74 Å². The molecule has 16 heavy (non-hydrogen) atoms. The summed E-state index contributed by atoms with van der Waals surface area (Å²) < 4.78 is 4.31. The van der Waals surface area contributed by atoms with E-state index < -0.39 is 11.8 Å². The molecule has 0 fully saturated rings. The quantitative estimate of drug-likeness (QED) is 0.439. The average Bonchev–Trinajstić information content (AvgIpc) is 2.36. The van der Waals surface area contributed by atoms with Crippen LogP contribution in [0.25, 0.3) is 0 Å². The molecular formula is C12H12O4. The van der Waals surface area contributed by atoms with E-state index in [4.69, 9.17) is 0 Å². The zero-order valence-corrected chi connectivity index (χ0v) is 9.15. The Morgan fingerprint density at radius 3 is 2.00 bits per heavy atom. The van der Waals surface area contributed by atoms with E-state index in [1.54, 1.807) is 6.92 Å². The van der Waals surface area contributed by atoms with E-state index in [0.717, 1.165) is 7.11 Å². The predicted molar refractivity (Wildman–Crippen MR) is 57.4 cm³/mol. The highest BCUT2D eigenvalue weighted by Gasteiger charge is 2.16. The first kappa shape index (κ1) is 12.1. The fraction of sp³-hybridized carbons (Fsp3) is 0.250. The van der Waals surface area contributed by atoms with Crippen molar-refractivity contribution in [3.8, 4) is 0 Å². The van der Waals surface area contributed by atoms with Gasteiger partial charge in [-0.2, -0.15) is 0 Å². The van der Waals surface area contributed by atoms with Crippen molar-refractivity contribution in [2.75, 3.05) is 7.11 Å². The second kappa shape index (κ2) is 5.21. The maximum atomic E-state index is 11.4. The molecule has 0 unspecified atom stereocenters. The van der Waals surface area contributed by atoms with Crippen LogP contribution >= 0.6 is 0 Å². The fourth-order valence-electron chi connectivity index (χ4n) is 1.22. The number of ketones is 2. The van der Waals surface area contributed by atoms with Crippen LogP contribution in [-0.4, -0.2) is 24.6 Å². The molecule has 0 N–H and O–H groups in total. The smallest absolute Gasteiger partial charge is 0.379 e. The Balaban J connectivity index is 2.91. The van der Waals surface area contributed by atoms with Gasteiger partial charge in [0.1, 0.15) is 0 Å². The predicted octanol–water partition coefficient (Wildman–Crippen LogP) is 1.64. The molecule has 4 heteroatoms. The summed E-state index contributed by atoms with van der Waals surface area (Å²) in [5.74, 6) is -1.62. The Morgan fingerprint density at radius 1 is 1.06 bits per heavy atom. The molecule has 4 nitrogen and oxygen atoms in total. The van der Waals surface area contributed by atoms with Crippen LogP contribution in [0.4, 0.5) is 0 Å². The van der Waals surface area contributed by atoms with Crippen molar-refractivity contribution >= 4 is 17.5 Å². The lowest BCUT2D eigenvalue weighted by atomic mass is 10.0. The third-order valence-electron chi connectivity index (χ3n) is 2.16. The van der Waals surface area contributed by atoms with Crippen LogP contribution in [0.1, 0.15) is 34.1 Å². The van der Waals surface area contributed by atoms with Gasteiger partial charge in [-0.3, -0.25) is 9.59 Å². The molecule has 0 aliphatic heterocycles. The second-order valence-electron chi connectivity index (χ2n) is 3.17. The van der Waals surface area contributed by atoms with Crippen molar-refractivity contribution in [2.24, 2.45) is 0 Å². The van der Waals surface area contributed by atoms with Crippen molar-refractivity contribution in [2.45, 2.75) is 13.3 Å². The Hall–Kier alpha value is -1.97. The largest absolute Gasteiger partial charge is 0.463 e. The average molecular weight is 220 g/mol. The van der Waals surface area contributed by atoms with E-state index in [1.807, 2.05) is 0 Å². The first-order valence-electron chi connectivity index (χ1n) is 4.86. The number of Topliss-reactive ketones (excluding diaryl/α,β-unsaturated/α-hetero) is 2. The maximum Gasteiger partial charge on any atom is 0.379 e. The summed E-state index contributed by atoms with van der Waals surface area (Å²) in [5, 5.41) is 0. The SMILES string of the molecule is CCC(=O)c1ccc(C(=O)C(=O)OC)cc1. The summed E-state index contributed by atoms with van der Waals surface area (Å²) in [5.41, 5.74) is 0.753. The third-order valence-corrected chi connectivity index (χ3v) is 2.16. The van der Waals surface area contributed by atoms with Gasteiger partial charge in [0.25, 0.3) is 5.78 Å². The number of benzene rings is 1. The summed E-state index contributed by atoms with van der Waals surface area (Å²) in [7, 11) is 1.15. The van der Waals surface area contributed by atoms with Crippen molar-refractivity contribution in [3.63, 3.8) is 0 Å². The molecule has 0 spiro atoms. The molecule has 0 bridgehead atoms. The van der Waals surface area contributed by atoms with Crippen LogP contribution in [0.2, 0.25) is 0 Å². The fourth-order valence-corrected chi connectivity index (χ4v) is 1.22. The van der Waals surface area contributed by atoms with Crippen LogP contribution in [-0.2, 0) is 9.53 Å². The topological polar surface area (TPSA) is 60.4 Å². The first-order valence-corrected chi connectivity index (χ1v) is 4.86. The van der Waals surface area contributed by atoms with Crippen LogP contribution in [0.15, 0.2) is 24.3 Å². The zero-order valence-electron chi connectivity index (χ0n) is 9.15. The van der Waals surface area contributed by atoms with Gasteiger partial charge in [-0.05, 0) is 0 Å². The number of esters is 1. The minimum atomic E-state index is -0.908. The minimum absolute atomic E-state index is 0.00272. The Bertz CT molecular complexity index is 417. The van der Waals surface area contributed by atoms with Gasteiger partial charge in [0.05, 0.1) is 7.11 Å². The normalized spacial score (nSPS) is 9.62. The molecule has 0 saturated carbocycles. The van der Waals surface area contributed by atoms with Crippen molar-refractivity contribution in [1.82, 2.24) is 0 Å². The van der Waals surface area contributed by atoms with Crippen molar-refractivity contribution < 1.29 is 19.1 Å². The molecule has 1 aromatic rings. The first-order chi connectivity index (χ1) is 7.60. The van der Waals surface area contributed by atoms with Gasteiger partial charge >= 0.3 is 5.97 Å². The van der Waals surface area contributed by atoms with Gasteiger partial charge in [-0.25, -0.2) is 4.79 Å². The number of ether oxygens (including phenoxy) is 1. The minimum Gasteiger partial charge on any atom is -0.463 e. The van der Waals surface area contributed by atoms with Crippen LogP contribution in [0.5, 0.6) is 0 Å². The monoisotopic (exact) mass is 220 g/mol. The Kier molecular flexibility index (Phi) is 3.94. The number of hydrogen-bond donors (Lipinski definition) is 0. The highest BCUT2D eigenvalue weighted by molar-refractivity contribution is 6.40. The molecule has 1 aromatic carbocycles. The van der Waals surface area contributed by atoms with Gasteiger partial charge in [-0.15, -0.1) is 0 Å². The van der Waals surface area contributed by atoms with Gasteiger partial charge in [0.2, 0.25) is 0 Å². The number of carbonyl (C=O) groups excluding carboxylic acids is 3. The number of carbonyl (C=O) groups is 3. The van der Waals surface area contributed by atoms with Gasteiger partial charge in [0.15, 0.2) is 5.78 Å². The third kappa shape index (κ3) is 2.53. The van der Waals surface area contributed by atoms with E-state index >= 15 is 0 Å². The van der Waals surface area contributed by atoms with Gasteiger partial charge in [-0.1, -0.05) is 31.2 Å². The zero-order chi connectivity index (χ0) is 12.1. The molecule has 0 amide bonds. The molecule has 0 atom stereocenters. The van der Waals surface area contributed by atoms with Crippen LogP contribution < -0.4 is 0 Å². The summed E-state index contributed by atoms with van der Waals surface area (Å²) in [6, 6.07) is 5.95. The standard InChI is InChI=1S/C12H12O4/c1-3-10(13)8-4-6-9(7-5-8)11(14)12(15)16-2/h4-7H,3H2,1-2H3. The molecule has 0 aliphatic rings. The Labute approximate surface area is 93.2 Å². The summed E-state index contributed by atoms with van der Waals surface area (Å²) in [4.78, 5) is 33.6. The highest BCUT2D eigenvalue weighted by atomic mass is 16.5. The molecule has 0 saturated heterocycles. The summed E-state index contributed by atoms with van der Waals surface area (Å²) >= 11 is 0. The van der Waals surface area contributed by atoms with Gasteiger partial charge < -0.3 is 4.74 Å². The molecular weight excluding hydrogens is 208 g/mol. The van der Waals surface area contributed by atoms with Crippen LogP contribution in [0.3, 0.4) is 0 Å².